The van der Waals surface area contributed by atoms with Gasteiger partial charge in [-0.25, -0.2) is 9.59 Å². The molecule has 0 aromatic heterocycles. The molecule has 1 amide bonds. The second-order valence-corrected chi connectivity index (χ2v) is 4.84. The summed E-state index contributed by atoms with van der Waals surface area (Å²) in [4.78, 5) is 37.3. The Labute approximate surface area is 130 Å². The molecular formula is C16H21NO5. The van der Waals surface area contributed by atoms with E-state index < -0.39 is 23.9 Å². The molecule has 0 heterocycles. The zero-order valence-corrected chi connectivity index (χ0v) is 13.5. The molecule has 0 spiro atoms. The van der Waals surface area contributed by atoms with E-state index in [9.17, 15) is 14.4 Å². The molecule has 0 aliphatic heterocycles. The second kappa shape index (κ2) is 7.59. The fraction of sp³-hybridized carbons (Fsp3) is 0.438. The average molecular weight is 307 g/mol. The number of carbonyl (C=O) groups is 3. The Balaban J connectivity index is 3.37. The van der Waals surface area contributed by atoms with E-state index in [1.165, 1.54) is 14.0 Å². The molecule has 6 heteroatoms. The van der Waals surface area contributed by atoms with Gasteiger partial charge in [0.25, 0.3) is 0 Å². The highest BCUT2D eigenvalue weighted by molar-refractivity contribution is 6.39. The number of hydrogen-bond donors (Lipinski definition) is 0. The number of nitrogens with zero attached hydrogens (tertiary/aromatic N) is 1. The summed E-state index contributed by atoms with van der Waals surface area (Å²) < 4.78 is 9.47. The van der Waals surface area contributed by atoms with Gasteiger partial charge in [0.2, 0.25) is 0 Å². The first kappa shape index (κ1) is 17.7. The van der Waals surface area contributed by atoms with Crippen molar-refractivity contribution in [1.82, 2.24) is 0 Å². The van der Waals surface area contributed by atoms with Gasteiger partial charge >= 0.3 is 17.8 Å². The molecule has 0 aliphatic carbocycles. The highest BCUT2D eigenvalue weighted by Gasteiger charge is 2.34. The predicted molar refractivity (Wildman–Crippen MR) is 81.5 cm³/mol. The lowest BCUT2D eigenvalue weighted by Gasteiger charge is -2.29. The van der Waals surface area contributed by atoms with Crippen LogP contribution in [0.2, 0.25) is 0 Å². The van der Waals surface area contributed by atoms with Gasteiger partial charge in [0, 0.05) is 0 Å². The number of hydrogen-bond acceptors (Lipinski definition) is 5. The minimum absolute atomic E-state index is 0.0811. The third-order valence-corrected chi connectivity index (χ3v) is 3.28. The van der Waals surface area contributed by atoms with Gasteiger partial charge in [-0.2, -0.15) is 0 Å². The minimum atomic E-state index is -0.999. The normalized spacial score (nSPS) is 11.5. The first-order chi connectivity index (χ1) is 10.3. The Morgan fingerprint density at radius 1 is 1.18 bits per heavy atom. The zero-order valence-electron chi connectivity index (χ0n) is 13.5. The Hall–Kier alpha value is -2.37. The Morgan fingerprint density at radius 3 is 2.18 bits per heavy atom. The molecule has 1 atom stereocenters. The van der Waals surface area contributed by atoms with E-state index >= 15 is 0 Å². The summed E-state index contributed by atoms with van der Waals surface area (Å²) in [5.41, 5.74) is 2.06. The van der Waals surface area contributed by atoms with Crippen molar-refractivity contribution in [3.05, 3.63) is 29.3 Å². The fourth-order valence-electron chi connectivity index (χ4n) is 2.22. The van der Waals surface area contributed by atoms with E-state index in [1.54, 1.807) is 32.9 Å². The highest BCUT2D eigenvalue weighted by Crippen LogP contribution is 2.27. The van der Waals surface area contributed by atoms with Crippen molar-refractivity contribution in [2.75, 3.05) is 18.6 Å². The molecule has 1 rings (SSSR count). The summed E-state index contributed by atoms with van der Waals surface area (Å²) in [6, 6.07) is 4.50. The van der Waals surface area contributed by atoms with Gasteiger partial charge in [0.05, 0.1) is 19.4 Å². The first-order valence-electron chi connectivity index (χ1n) is 6.99. The summed E-state index contributed by atoms with van der Waals surface area (Å²) in [5.74, 6) is -2.50. The van der Waals surface area contributed by atoms with Crippen LogP contribution in [0.1, 0.15) is 25.0 Å². The monoisotopic (exact) mass is 307 g/mol. The van der Waals surface area contributed by atoms with Gasteiger partial charge in [0.15, 0.2) is 0 Å². The van der Waals surface area contributed by atoms with Gasteiger partial charge in [-0.3, -0.25) is 9.69 Å². The van der Waals surface area contributed by atoms with Gasteiger partial charge in [-0.05, 0) is 38.8 Å². The molecule has 0 fully saturated rings. The van der Waals surface area contributed by atoms with Crippen LogP contribution in [0.5, 0.6) is 0 Å². The largest absolute Gasteiger partial charge is 0.467 e. The molecule has 0 aliphatic rings. The van der Waals surface area contributed by atoms with Crippen LogP contribution in [0.25, 0.3) is 0 Å². The molecule has 22 heavy (non-hydrogen) atoms. The van der Waals surface area contributed by atoms with Crippen LogP contribution in [0, 0.1) is 13.8 Å². The Morgan fingerprint density at radius 2 is 1.73 bits per heavy atom. The molecule has 0 N–H and O–H groups in total. The smallest absolute Gasteiger partial charge is 0.397 e. The van der Waals surface area contributed by atoms with Crippen LogP contribution in [-0.4, -0.2) is 37.6 Å². The molecule has 0 saturated carbocycles. The third kappa shape index (κ3) is 3.63. The van der Waals surface area contributed by atoms with E-state index in [0.717, 1.165) is 16.0 Å². The molecule has 0 saturated heterocycles. The van der Waals surface area contributed by atoms with Crippen molar-refractivity contribution in [2.24, 2.45) is 0 Å². The van der Waals surface area contributed by atoms with Crippen molar-refractivity contribution in [3.8, 4) is 0 Å². The Bertz CT molecular complexity index is 562. The summed E-state index contributed by atoms with van der Waals surface area (Å²) >= 11 is 0. The maximum absolute atomic E-state index is 12.4. The minimum Gasteiger partial charge on any atom is -0.467 e. The third-order valence-electron chi connectivity index (χ3n) is 3.28. The summed E-state index contributed by atoms with van der Waals surface area (Å²) in [5, 5.41) is 0. The van der Waals surface area contributed by atoms with Gasteiger partial charge in [-0.15, -0.1) is 0 Å². The van der Waals surface area contributed by atoms with Crippen molar-refractivity contribution >= 4 is 23.5 Å². The number of aryl methyl sites for hydroxylation is 2. The van der Waals surface area contributed by atoms with Crippen LogP contribution in [0.4, 0.5) is 5.69 Å². The van der Waals surface area contributed by atoms with Crippen LogP contribution < -0.4 is 4.90 Å². The average Bonchev–Trinajstić information content (AvgIpc) is 2.49. The van der Waals surface area contributed by atoms with E-state index in [0.29, 0.717) is 5.69 Å². The number of esters is 2. The van der Waals surface area contributed by atoms with Gasteiger partial charge in [0.1, 0.15) is 6.04 Å². The van der Waals surface area contributed by atoms with Crippen LogP contribution >= 0.6 is 0 Å². The predicted octanol–water partition coefficient (Wildman–Crippen LogP) is 1.76. The fourth-order valence-corrected chi connectivity index (χ4v) is 2.22. The zero-order chi connectivity index (χ0) is 16.9. The SMILES string of the molecule is CCOC(=O)C(=O)N(c1c(C)cccc1C)C(C)C(=O)OC. The number of carbonyl (C=O) groups excluding carboxylic acids is 3. The number of rotatable bonds is 4. The topological polar surface area (TPSA) is 72.9 Å². The van der Waals surface area contributed by atoms with E-state index in [4.69, 9.17) is 9.47 Å². The molecule has 120 valence electrons. The maximum atomic E-state index is 12.4. The van der Waals surface area contributed by atoms with Crippen molar-refractivity contribution in [1.29, 1.82) is 0 Å². The van der Waals surface area contributed by atoms with Crippen molar-refractivity contribution < 1.29 is 23.9 Å². The summed E-state index contributed by atoms with van der Waals surface area (Å²) in [7, 11) is 1.23. The number of ether oxygens (including phenoxy) is 2. The standard InChI is InChI=1S/C16H21NO5/c1-6-22-16(20)14(18)17(12(4)15(19)21-5)13-10(2)8-7-9-11(13)3/h7-9,12H,6H2,1-5H3. The highest BCUT2D eigenvalue weighted by atomic mass is 16.5. The Kier molecular flexibility index (Phi) is 6.10. The lowest BCUT2D eigenvalue weighted by Crippen LogP contribution is -2.48. The molecule has 0 bridgehead atoms. The van der Waals surface area contributed by atoms with Crippen molar-refractivity contribution in [2.45, 2.75) is 33.7 Å². The number of amides is 1. The van der Waals surface area contributed by atoms with E-state index in [-0.39, 0.29) is 6.61 Å². The van der Waals surface area contributed by atoms with Crippen LogP contribution in [0.15, 0.2) is 18.2 Å². The summed E-state index contributed by atoms with van der Waals surface area (Å²) in [6.07, 6.45) is 0. The first-order valence-corrected chi connectivity index (χ1v) is 6.99. The van der Waals surface area contributed by atoms with Gasteiger partial charge in [-0.1, -0.05) is 18.2 Å². The molecular weight excluding hydrogens is 286 g/mol. The molecule has 0 radical (unpaired) electrons. The quantitative estimate of drug-likeness (QED) is 0.626. The lowest BCUT2D eigenvalue weighted by atomic mass is 10.1. The molecule has 1 aromatic carbocycles. The van der Waals surface area contributed by atoms with E-state index in [1.807, 2.05) is 6.07 Å². The molecule has 1 aromatic rings. The second-order valence-electron chi connectivity index (χ2n) is 4.84. The number of methoxy groups -OCH3 is 1. The maximum Gasteiger partial charge on any atom is 0.397 e. The number of para-hydroxylation sites is 1. The lowest BCUT2D eigenvalue weighted by molar-refractivity contribution is -0.154. The van der Waals surface area contributed by atoms with Crippen LogP contribution in [-0.2, 0) is 23.9 Å². The number of anilines is 1. The summed E-state index contributed by atoms with van der Waals surface area (Å²) in [6.45, 7) is 6.81. The molecule has 6 nitrogen and oxygen atoms in total. The van der Waals surface area contributed by atoms with E-state index in [2.05, 4.69) is 0 Å². The molecule has 1 unspecified atom stereocenters. The number of benzene rings is 1. The van der Waals surface area contributed by atoms with Crippen molar-refractivity contribution in [3.63, 3.8) is 0 Å². The van der Waals surface area contributed by atoms with Crippen LogP contribution in [0.3, 0.4) is 0 Å². The van der Waals surface area contributed by atoms with Gasteiger partial charge < -0.3 is 9.47 Å².